The molecule has 0 saturated heterocycles. The summed E-state index contributed by atoms with van der Waals surface area (Å²) in [6, 6.07) is 7.17. The Hall–Kier alpha value is -2.37. The number of carbonyl (C=O) groups is 3. The van der Waals surface area contributed by atoms with Crippen molar-refractivity contribution in [2.45, 2.75) is 77.8 Å². The molecular formula is C22H33N3O3. The van der Waals surface area contributed by atoms with Gasteiger partial charge in [0, 0.05) is 17.8 Å². The third-order valence-corrected chi connectivity index (χ3v) is 5.11. The summed E-state index contributed by atoms with van der Waals surface area (Å²) in [5.41, 5.74) is 1.39. The van der Waals surface area contributed by atoms with Crippen LogP contribution in [-0.4, -0.2) is 29.8 Å². The Kier molecular flexibility index (Phi) is 8.48. The number of amides is 3. The molecule has 1 saturated carbocycles. The first-order valence-corrected chi connectivity index (χ1v) is 10.4. The van der Waals surface area contributed by atoms with Gasteiger partial charge in [0.1, 0.15) is 0 Å². The molecule has 6 nitrogen and oxygen atoms in total. The molecule has 28 heavy (non-hydrogen) atoms. The second-order valence-corrected chi connectivity index (χ2v) is 8.03. The summed E-state index contributed by atoms with van der Waals surface area (Å²) in [5, 5.41) is 8.31. The maximum Gasteiger partial charge on any atom is 0.313 e. The Labute approximate surface area is 167 Å². The van der Waals surface area contributed by atoms with E-state index in [2.05, 4.69) is 22.9 Å². The van der Waals surface area contributed by atoms with Gasteiger partial charge in [0.15, 0.2) is 0 Å². The van der Waals surface area contributed by atoms with E-state index in [1.54, 1.807) is 24.3 Å². The number of carbonyl (C=O) groups excluding carboxylic acids is 3. The number of hydrogen-bond acceptors (Lipinski definition) is 3. The maximum atomic E-state index is 12.2. The topological polar surface area (TPSA) is 87.3 Å². The Morgan fingerprint density at radius 2 is 1.64 bits per heavy atom. The van der Waals surface area contributed by atoms with Crippen LogP contribution < -0.4 is 16.0 Å². The van der Waals surface area contributed by atoms with E-state index >= 15 is 0 Å². The van der Waals surface area contributed by atoms with Gasteiger partial charge in [-0.25, -0.2) is 0 Å². The summed E-state index contributed by atoms with van der Waals surface area (Å²) >= 11 is 0. The molecule has 0 unspecified atom stereocenters. The van der Waals surface area contributed by atoms with E-state index < -0.39 is 11.8 Å². The van der Waals surface area contributed by atoms with Crippen molar-refractivity contribution in [1.29, 1.82) is 0 Å². The number of nitrogens with one attached hydrogen (secondary N) is 3. The van der Waals surface area contributed by atoms with E-state index in [1.807, 2.05) is 13.8 Å². The summed E-state index contributed by atoms with van der Waals surface area (Å²) in [7, 11) is 0. The number of hydrogen-bond donors (Lipinski definition) is 3. The molecule has 0 atom stereocenters. The second-order valence-electron chi connectivity index (χ2n) is 8.03. The lowest BCUT2D eigenvalue weighted by Gasteiger charge is -2.28. The normalized spacial score (nSPS) is 19.1. The molecule has 154 valence electrons. The molecule has 3 N–H and O–H groups in total. The van der Waals surface area contributed by atoms with Crippen LogP contribution in [0.2, 0.25) is 0 Å². The van der Waals surface area contributed by atoms with Gasteiger partial charge < -0.3 is 16.0 Å². The smallest absolute Gasteiger partial charge is 0.313 e. The first kappa shape index (κ1) is 21.9. The van der Waals surface area contributed by atoms with Crippen LogP contribution in [0.4, 0.5) is 5.69 Å². The molecule has 6 heteroatoms. The van der Waals surface area contributed by atoms with E-state index in [1.165, 1.54) is 12.8 Å². The van der Waals surface area contributed by atoms with Crippen molar-refractivity contribution in [3.8, 4) is 0 Å². The van der Waals surface area contributed by atoms with Crippen molar-refractivity contribution in [3.63, 3.8) is 0 Å². The van der Waals surface area contributed by atoms with E-state index in [9.17, 15) is 14.4 Å². The molecule has 0 spiro atoms. The van der Waals surface area contributed by atoms with Crippen LogP contribution in [0.3, 0.4) is 0 Å². The van der Waals surface area contributed by atoms with Gasteiger partial charge >= 0.3 is 11.8 Å². The van der Waals surface area contributed by atoms with E-state index in [0.29, 0.717) is 5.69 Å². The Balaban J connectivity index is 1.77. The predicted octanol–water partition coefficient (Wildman–Crippen LogP) is 3.17. The fourth-order valence-corrected chi connectivity index (χ4v) is 3.71. The molecule has 1 aromatic rings. The molecule has 3 amide bonds. The molecule has 0 bridgehead atoms. The fourth-order valence-electron chi connectivity index (χ4n) is 3.71. The number of rotatable bonds is 7. The highest BCUT2D eigenvalue weighted by atomic mass is 16.2. The van der Waals surface area contributed by atoms with Crippen LogP contribution in [0.15, 0.2) is 24.3 Å². The zero-order valence-corrected chi connectivity index (χ0v) is 17.2. The fraction of sp³-hybridized carbons (Fsp3) is 0.591. The summed E-state index contributed by atoms with van der Waals surface area (Å²) in [6.07, 6.45) is 6.85. The molecule has 1 aliphatic rings. The minimum Gasteiger partial charge on any atom is -0.354 e. The van der Waals surface area contributed by atoms with Crippen molar-refractivity contribution in [1.82, 2.24) is 10.6 Å². The van der Waals surface area contributed by atoms with Crippen LogP contribution >= 0.6 is 0 Å². The van der Waals surface area contributed by atoms with Crippen LogP contribution in [0.5, 0.6) is 0 Å². The third kappa shape index (κ3) is 7.33. The summed E-state index contributed by atoms with van der Waals surface area (Å²) in [4.78, 5) is 36.1. The molecule has 0 aromatic heterocycles. The van der Waals surface area contributed by atoms with Gasteiger partial charge in [0.2, 0.25) is 5.91 Å². The largest absolute Gasteiger partial charge is 0.354 e. The van der Waals surface area contributed by atoms with Gasteiger partial charge in [-0.05, 0) is 63.1 Å². The molecule has 1 aliphatic carbocycles. The first-order valence-electron chi connectivity index (χ1n) is 10.4. The van der Waals surface area contributed by atoms with Crippen molar-refractivity contribution in [2.24, 2.45) is 5.92 Å². The Morgan fingerprint density at radius 1 is 1.00 bits per heavy atom. The molecule has 1 fully saturated rings. The summed E-state index contributed by atoms with van der Waals surface area (Å²) < 4.78 is 0. The maximum absolute atomic E-state index is 12.2. The minimum atomic E-state index is -0.652. The monoisotopic (exact) mass is 387 g/mol. The molecule has 0 radical (unpaired) electrons. The zero-order valence-electron chi connectivity index (χ0n) is 17.2. The zero-order chi connectivity index (χ0) is 20.5. The second kappa shape index (κ2) is 10.8. The van der Waals surface area contributed by atoms with Crippen LogP contribution in [0.1, 0.15) is 64.9 Å². The highest BCUT2D eigenvalue weighted by Gasteiger charge is 2.24. The van der Waals surface area contributed by atoms with Gasteiger partial charge in [0.25, 0.3) is 0 Å². The Morgan fingerprint density at radius 3 is 2.21 bits per heavy atom. The quantitative estimate of drug-likeness (QED) is 0.628. The predicted molar refractivity (Wildman–Crippen MR) is 111 cm³/mol. The van der Waals surface area contributed by atoms with Gasteiger partial charge in [-0.2, -0.15) is 0 Å². The highest BCUT2D eigenvalue weighted by molar-refractivity contribution is 6.39. The van der Waals surface area contributed by atoms with Crippen molar-refractivity contribution >= 4 is 23.4 Å². The average Bonchev–Trinajstić information content (AvgIpc) is 2.64. The van der Waals surface area contributed by atoms with Gasteiger partial charge in [-0.3, -0.25) is 14.4 Å². The van der Waals surface area contributed by atoms with E-state index in [-0.39, 0.29) is 24.4 Å². The SMILES string of the molecule is CCCC1CCC(NC(=O)C(=O)Nc2ccc(CC(=O)NC(C)C)cc2)CC1. The van der Waals surface area contributed by atoms with E-state index in [4.69, 9.17) is 0 Å². The van der Waals surface area contributed by atoms with Crippen LogP contribution in [-0.2, 0) is 20.8 Å². The van der Waals surface area contributed by atoms with Crippen molar-refractivity contribution in [3.05, 3.63) is 29.8 Å². The standard InChI is InChI=1S/C22H33N3O3/c1-4-5-16-6-10-18(11-7-16)24-21(27)22(28)25-19-12-8-17(9-13-19)14-20(26)23-15(2)3/h8-9,12-13,15-16,18H,4-7,10-11,14H2,1-3H3,(H,23,26)(H,24,27)(H,25,28). The lowest BCUT2D eigenvalue weighted by atomic mass is 9.83. The molecule has 0 aliphatic heterocycles. The third-order valence-electron chi connectivity index (χ3n) is 5.11. The van der Waals surface area contributed by atoms with Crippen LogP contribution in [0.25, 0.3) is 0 Å². The van der Waals surface area contributed by atoms with Crippen LogP contribution in [0, 0.1) is 5.92 Å². The van der Waals surface area contributed by atoms with Crippen molar-refractivity contribution < 1.29 is 14.4 Å². The number of benzene rings is 1. The number of anilines is 1. The van der Waals surface area contributed by atoms with Crippen molar-refractivity contribution in [2.75, 3.05) is 5.32 Å². The molecule has 0 heterocycles. The Bertz CT molecular complexity index is 662. The minimum absolute atomic E-state index is 0.0418. The average molecular weight is 388 g/mol. The molecule has 2 rings (SSSR count). The summed E-state index contributed by atoms with van der Waals surface area (Å²) in [6.45, 7) is 6.03. The lowest BCUT2D eigenvalue weighted by Crippen LogP contribution is -2.43. The van der Waals surface area contributed by atoms with E-state index in [0.717, 1.165) is 37.2 Å². The highest BCUT2D eigenvalue weighted by Crippen LogP contribution is 2.27. The summed E-state index contributed by atoms with van der Waals surface area (Å²) in [5.74, 6) is -0.520. The van der Waals surface area contributed by atoms with Gasteiger partial charge in [-0.15, -0.1) is 0 Å². The molecular weight excluding hydrogens is 354 g/mol. The van der Waals surface area contributed by atoms with Gasteiger partial charge in [-0.1, -0.05) is 31.9 Å². The molecule has 1 aromatic carbocycles. The van der Waals surface area contributed by atoms with Gasteiger partial charge in [0.05, 0.1) is 6.42 Å². The lowest BCUT2D eigenvalue weighted by molar-refractivity contribution is -0.136. The first-order chi connectivity index (χ1) is 13.4.